The van der Waals surface area contributed by atoms with Gasteiger partial charge in [-0.3, -0.25) is 14.3 Å². The number of aromatic nitrogens is 3. The number of benzene rings is 2. The van der Waals surface area contributed by atoms with Gasteiger partial charge in [-0.15, -0.1) is 0 Å². The number of nitrogens with zero attached hydrogens (tertiary/aromatic N) is 4. The first-order chi connectivity index (χ1) is 17.4. The Balaban J connectivity index is 1.36. The van der Waals surface area contributed by atoms with Crippen LogP contribution >= 0.6 is 0 Å². The summed E-state index contributed by atoms with van der Waals surface area (Å²) in [5.74, 6) is -1.13. The molecule has 36 heavy (non-hydrogen) atoms. The van der Waals surface area contributed by atoms with Crippen LogP contribution in [0.25, 0.3) is 22.3 Å². The molecule has 9 nitrogen and oxygen atoms in total. The summed E-state index contributed by atoms with van der Waals surface area (Å²) >= 11 is 0. The van der Waals surface area contributed by atoms with Crippen LogP contribution in [0.1, 0.15) is 28.9 Å². The van der Waals surface area contributed by atoms with Gasteiger partial charge in [0, 0.05) is 25.6 Å². The molecule has 1 fully saturated rings. The molecule has 0 aliphatic carbocycles. The normalized spacial score (nSPS) is 13.3. The molecular weight excluding hydrogens is 458 g/mol. The lowest BCUT2D eigenvalue weighted by molar-refractivity contribution is -0.119. The molecule has 1 saturated heterocycles. The molecule has 1 aliphatic heterocycles. The van der Waals surface area contributed by atoms with Crippen LogP contribution in [-0.2, 0) is 21.4 Å². The SMILES string of the molecule is Cc1nn(C)c2nc(-c3ccccc3)cc(C(=O)OCC(=O)Nc3ccccc3N3CCCC3=O)c12. The number of ether oxygens (including phenoxy) is 1. The number of carbonyl (C=O) groups is 3. The van der Waals surface area contributed by atoms with E-state index in [1.54, 1.807) is 47.8 Å². The van der Waals surface area contributed by atoms with E-state index in [0.717, 1.165) is 12.0 Å². The fourth-order valence-electron chi connectivity index (χ4n) is 4.48. The molecule has 2 aromatic carbocycles. The fourth-order valence-corrected chi connectivity index (χ4v) is 4.48. The van der Waals surface area contributed by atoms with Gasteiger partial charge in [0.15, 0.2) is 12.3 Å². The van der Waals surface area contributed by atoms with Crippen molar-refractivity contribution in [2.45, 2.75) is 19.8 Å². The molecule has 0 atom stereocenters. The van der Waals surface area contributed by atoms with E-state index in [1.165, 1.54) is 0 Å². The maximum atomic E-state index is 13.2. The zero-order valence-electron chi connectivity index (χ0n) is 20.0. The molecule has 182 valence electrons. The molecule has 0 bridgehead atoms. The monoisotopic (exact) mass is 483 g/mol. The van der Waals surface area contributed by atoms with Crippen molar-refractivity contribution in [2.24, 2.45) is 7.05 Å². The van der Waals surface area contributed by atoms with E-state index in [4.69, 9.17) is 9.72 Å². The van der Waals surface area contributed by atoms with Gasteiger partial charge in [0.25, 0.3) is 5.91 Å². The van der Waals surface area contributed by atoms with Gasteiger partial charge in [-0.25, -0.2) is 9.78 Å². The number of para-hydroxylation sites is 2. The number of amides is 2. The van der Waals surface area contributed by atoms with Crippen molar-refractivity contribution < 1.29 is 19.1 Å². The number of anilines is 2. The average molecular weight is 484 g/mol. The summed E-state index contributed by atoms with van der Waals surface area (Å²) in [5, 5.41) is 7.76. The third-order valence-electron chi connectivity index (χ3n) is 6.13. The molecule has 9 heteroatoms. The van der Waals surface area contributed by atoms with Crippen LogP contribution in [0.5, 0.6) is 0 Å². The van der Waals surface area contributed by atoms with Crippen molar-refractivity contribution >= 4 is 40.2 Å². The summed E-state index contributed by atoms with van der Waals surface area (Å²) in [6.07, 6.45) is 1.26. The first kappa shape index (κ1) is 23.2. The predicted molar refractivity (Wildman–Crippen MR) is 136 cm³/mol. The Morgan fingerprint density at radius 3 is 2.58 bits per heavy atom. The number of nitrogens with one attached hydrogen (secondary N) is 1. The van der Waals surface area contributed by atoms with Gasteiger partial charge in [-0.1, -0.05) is 42.5 Å². The lowest BCUT2D eigenvalue weighted by atomic mass is 10.1. The smallest absolute Gasteiger partial charge is 0.339 e. The summed E-state index contributed by atoms with van der Waals surface area (Å²) in [5.41, 5.74) is 4.06. The van der Waals surface area contributed by atoms with Crippen molar-refractivity contribution in [3.8, 4) is 11.3 Å². The number of esters is 1. The maximum absolute atomic E-state index is 13.2. The average Bonchev–Trinajstić information content (AvgIpc) is 3.44. The Hall–Kier alpha value is -4.53. The molecule has 5 rings (SSSR count). The highest BCUT2D eigenvalue weighted by Crippen LogP contribution is 2.30. The molecule has 3 heterocycles. The van der Waals surface area contributed by atoms with Crippen LogP contribution < -0.4 is 10.2 Å². The van der Waals surface area contributed by atoms with Gasteiger partial charge >= 0.3 is 5.97 Å². The molecular formula is C27H25N5O4. The minimum Gasteiger partial charge on any atom is -0.452 e. The van der Waals surface area contributed by atoms with E-state index in [2.05, 4.69) is 10.4 Å². The third kappa shape index (κ3) is 4.43. The Morgan fingerprint density at radius 2 is 1.83 bits per heavy atom. The van der Waals surface area contributed by atoms with Gasteiger partial charge in [-0.2, -0.15) is 5.10 Å². The van der Waals surface area contributed by atoms with Gasteiger partial charge in [0.05, 0.1) is 33.7 Å². The highest BCUT2D eigenvalue weighted by molar-refractivity contribution is 6.06. The van der Waals surface area contributed by atoms with Gasteiger partial charge in [0.2, 0.25) is 5.91 Å². The van der Waals surface area contributed by atoms with Crippen LogP contribution in [0.3, 0.4) is 0 Å². The first-order valence-corrected chi connectivity index (χ1v) is 11.7. The first-order valence-electron chi connectivity index (χ1n) is 11.7. The van der Waals surface area contributed by atoms with Crippen molar-refractivity contribution in [1.82, 2.24) is 14.8 Å². The van der Waals surface area contributed by atoms with Crippen molar-refractivity contribution in [3.63, 3.8) is 0 Å². The second kappa shape index (κ2) is 9.61. The molecule has 1 aliphatic rings. The molecule has 2 amide bonds. The van der Waals surface area contributed by atoms with Crippen molar-refractivity contribution in [2.75, 3.05) is 23.4 Å². The molecule has 2 aromatic heterocycles. The lowest BCUT2D eigenvalue weighted by Gasteiger charge is -2.20. The molecule has 4 aromatic rings. The number of carbonyl (C=O) groups excluding carboxylic acids is 3. The summed E-state index contributed by atoms with van der Waals surface area (Å²) < 4.78 is 7.04. The highest BCUT2D eigenvalue weighted by atomic mass is 16.5. The van der Waals surface area contributed by atoms with E-state index < -0.39 is 18.5 Å². The van der Waals surface area contributed by atoms with Crippen LogP contribution in [0.4, 0.5) is 11.4 Å². The topological polar surface area (TPSA) is 106 Å². The van der Waals surface area contributed by atoms with E-state index >= 15 is 0 Å². The highest BCUT2D eigenvalue weighted by Gasteiger charge is 2.25. The van der Waals surface area contributed by atoms with Gasteiger partial charge in [-0.05, 0) is 31.5 Å². The van der Waals surface area contributed by atoms with E-state index in [9.17, 15) is 14.4 Å². The number of rotatable bonds is 6. The second-order valence-corrected chi connectivity index (χ2v) is 8.62. The number of pyridine rings is 1. The fraction of sp³-hybridized carbons (Fsp3) is 0.222. The Morgan fingerprint density at radius 1 is 1.08 bits per heavy atom. The Kier molecular flexibility index (Phi) is 6.20. The molecule has 0 unspecified atom stereocenters. The predicted octanol–water partition coefficient (Wildman–Crippen LogP) is 3.87. The largest absolute Gasteiger partial charge is 0.452 e. The van der Waals surface area contributed by atoms with E-state index in [1.807, 2.05) is 36.4 Å². The number of hydrogen-bond acceptors (Lipinski definition) is 6. The molecule has 0 spiro atoms. The maximum Gasteiger partial charge on any atom is 0.339 e. The zero-order valence-corrected chi connectivity index (χ0v) is 20.0. The quantitative estimate of drug-likeness (QED) is 0.418. The second-order valence-electron chi connectivity index (χ2n) is 8.62. The summed E-state index contributed by atoms with van der Waals surface area (Å²) in [7, 11) is 1.77. The van der Waals surface area contributed by atoms with E-state index in [-0.39, 0.29) is 5.91 Å². The van der Waals surface area contributed by atoms with E-state index in [0.29, 0.717) is 52.3 Å². The Bertz CT molecular complexity index is 1480. The standard InChI is InChI=1S/C27H25N5O4/c1-17-25-19(15-21(18-9-4-3-5-10-18)29-26(25)31(2)30-17)27(35)36-16-23(33)28-20-11-6-7-12-22(20)32-14-8-13-24(32)34/h3-7,9-12,15H,8,13-14,16H2,1-2H3,(H,28,33). The van der Waals surface area contributed by atoms with Crippen molar-refractivity contribution in [3.05, 3.63) is 71.9 Å². The summed E-state index contributed by atoms with van der Waals surface area (Å²) in [6, 6.07) is 18.3. The molecule has 1 N–H and O–H groups in total. The van der Waals surface area contributed by atoms with Crippen LogP contribution in [-0.4, -0.2) is 45.7 Å². The Labute approximate surface area is 207 Å². The van der Waals surface area contributed by atoms with Crippen LogP contribution in [0, 0.1) is 6.92 Å². The minimum atomic E-state index is -0.645. The van der Waals surface area contributed by atoms with Crippen molar-refractivity contribution in [1.29, 1.82) is 0 Å². The third-order valence-corrected chi connectivity index (χ3v) is 6.13. The molecule has 0 radical (unpaired) electrons. The lowest BCUT2D eigenvalue weighted by Crippen LogP contribution is -2.27. The van der Waals surface area contributed by atoms with Gasteiger partial charge < -0.3 is 15.0 Å². The number of hydrogen-bond donors (Lipinski definition) is 1. The zero-order chi connectivity index (χ0) is 25.2. The number of aryl methyl sites for hydroxylation is 2. The summed E-state index contributed by atoms with van der Waals surface area (Å²) in [4.78, 5) is 44.4. The van der Waals surface area contributed by atoms with Crippen LogP contribution in [0.15, 0.2) is 60.7 Å². The molecule has 0 saturated carbocycles. The van der Waals surface area contributed by atoms with Crippen LogP contribution in [0.2, 0.25) is 0 Å². The minimum absolute atomic E-state index is 0.0193. The summed E-state index contributed by atoms with van der Waals surface area (Å²) in [6.45, 7) is 1.92. The number of fused-ring (bicyclic) bond motifs is 1. The van der Waals surface area contributed by atoms with Gasteiger partial charge in [0.1, 0.15) is 0 Å².